The van der Waals surface area contributed by atoms with Crippen LogP contribution in [-0.2, 0) is 0 Å². The van der Waals surface area contributed by atoms with Crippen molar-refractivity contribution in [1.82, 2.24) is 0 Å². The van der Waals surface area contributed by atoms with Gasteiger partial charge in [-0.3, -0.25) is 0 Å². The molecule has 0 spiro atoms. The molecule has 1 fully saturated rings. The molecule has 1 aliphatic rings. The fourth-order valence-corrected chi connectivity index (χ4v) is 2.67. The SMILES string of the molecule is O=C(O)c1ccc(-c2ccc(OCC3CC3)cc2)s1. The van der Waals surface area contributed by atoms with Crippen molar-refractivity contribution in [3.8, 4) is 16.2 Å². The second kappa shape index (κ2) is 5.05. The molecule has 1 saturated carbocycles. The summed E-state index contributed by atoms with van der Waals surface area (Å²) < 4.78 is 5.67. The lowest BCUT2D eigenvalue weighted by Gasteiger charge is -2.05. The summed E-state index contributed by atoms with van der Waals surface area (Å²) in [6.07, 6.45) is 2.57. The molecule has 1 aliphatic carbocycles. The van der Waals surface area contributed by atoms with Crippen molar-refractivity contribution in [3.05, 3.63) is 41.3 Å². The Hall–Kier alpha value is -1.81. The fraction of sp³-hybridized carbons (Fsp3) is 0.267. The third kappa shape index (κ3) is 2.96. The molecule has 0 unspecified atom stereocenters. The Bertz CT molecular complexity index is 582. The van der Waals surface area contributed by atoms with Crippen molar-refractivity contribution in [2.75, 3.05) is 6.61 Å². The quantitative estimate of drug-likeness (QED) is 0.899. The lowest BCUT2D eigenvalue weighted by Crippen LogP contribution is -1.98. The minimum Gasteiger partial charge on any atom is -0.493 e. The predicted molar refractivity (Wildman–Crippen MR) is 74.9 cm³/mol. The number of carboxylic acids is 1. The number of carbonyl (C=O) groups is 1. The van der Waals surface area contributed by atoms with Gasteiger partial charge in [0.1, 0.15) is 10.6 Å². The molecule has 0 atom stereocenters. The summed E-state index contributed by atoms with van der Waals surface area (Å²) in [5.41, 5.74) is 1.02. The van der Waals surface area contributed by atoms with E-state index in [1.165, 1.54) is 24.2 Å². The molecule has 0 radical (unpaired) electrons. The van der Waals surface area contributed by atoms with Crippen molar-refractivity contribution in [2.24, 2.45) is 5.92 Å². The Morgan fingerprint density at radius 2 is 1.95 bits per heavy atom. The number of rotatable bonds is 5. The van der Waals surface area contributed by atoms with Crippen LogP contribution in [0, 0.1) is 5.92 Å². The largest absolute Gasteiger partial charge is 0.493 e. The van der Waals surface area contributed by atoms with E-state index in [4.69, 9.17) is 9.84 Å². The molecule has 0 aliphatic heterocycles. The summed E-state index contributed by atoms with van der Waals surface area (Å²) in [7, 11) is 0. The van der Waals surface area contributed by atoms with Gasteiger partial charge < -0.3 is 9.84 Å². The van der Waals surface area contributed by atoms with E-state index in [2.05, 4.69) is 0 Å². The zero-order valence-electron chi connectivity index (χ0n) is 10.3. The van der Waals surface area contributed by atoms with Gasteiger partial charge in [0, 0.05) is 4.88 Å². The Morgan fingerprint density at radius 3 is 2.53 bits per heavy atom. The van der Waals surface area contributed by atoms with E-state index < -0.39 is 5.97 Å². The van der Waals surface area contributed by atoms with Gasteiger partial charge >= 0.3 is 5.97 Å². The van der Waals surface area contributed by atoms with Gasteiger partial charge in [0.25, 0.3) is 0 Å². The Kier molecular flexibility index (Phi) is 3.25. The summed E-state index contributed by atoms with van der Waals surface area (Å²) >= 11 is 1.29. The lowest BCUT2D eigenvalue weighted by atomic mass is 10.2. The van der Waals surface area contributed by atoms with Gasteiger partial charge in [0.15, 0.2) is 0 Å². The van der Waals surface area contributed by atoms with Crippen LogP contribution in [-0.4, -0.2) is 17.7 Å². The second-order valence-corrected chi connectivity index (χ2v) is 5.83. The summed E-state index contributed by atoms with van der Waals surface area (Å²) in [5.74, 6) is 0.751. The maximum Gasteiger partial charge on any atom is 0.345 e. The highest BCUT2D eigenvalue weighted by molar-refractivity contribution is 7.17. The third-order valence-electron chi connectivity index (χ3n) is 3.14. The third-order valence-corrected chi connectivity index (χ3v) is 4.26. The van der Waals surface area contributed by atoms with E-state index in [-0.39, 0.29) is 0 Å². The molecule has 1 aromatic heterocycles. The molecule has 1 N–H and O–H groups in total. The average Bonchev–Trinajstić information content (AvgIpc) is 3.11. The number of hydrogen-bond acceptors (Lipinski definition) is 3. The number of hydrogen-bond donors (Lipinski definition) is 1. The number of thiophene rings is 1. The molecule has 4 heteroatoms. The zero-order valence-corrected chi connectivity index (χ0v) is 11.2. The summed E-state index contributed by atoms with van der Waals surface area (Å²) in [6.45, 7) is 0.807. The monoisotopic (exact) mass is 274 g/mol. The lowest BCUT2D eigenvalue weighted by molar-refractivity contribution is 0.0702. The fourth-order valence-electron chi connectivity index (χ4n) is 1.82. The highest BCUT2D eigenvalue weighted by atomic mass is 32.1. The first-order valence-corrected chi connectivity index (χ1v) is 7.10. The first-order chi connectivity index (χ1) is 9.22. The van der Waals surface area contributed by atoms with Gasteiger partial charge in [-0.15, -0.1) is 11.3 Å². The zero-order chi connectivity index (χ0) is 13.2. The first kappa shape index (κ1) is 12.2. The molecule has 3 rings (SSSR count). The van der Waals surface area contributed by atoms with Crippen LogP contribution in [0.3, 0.4) is 0 Å². The molecule has 3 nitrogen and oxygen atoms in total. The van der Waals surface area contributed by atoms with Crippen LogP contribution >= 0.6 is 11.3 Å². The van der Waals surface area contributed by atoms with Crippen LogP contribution < -0.4 is 4.74 Å². The average molecular weight is 274 g/mol. The minimum absolute atomic E-state index is 0.365. The molecule has 0 amide bonds. The summed E-state index contributed by atoms with van der Waals surface area (Å²) in [4.78, 5) is 12.2. The molecular formula is C15H14O3S. The molecule has 2 aromatic rings. The Labute approximate surface area is 115 Å². The minimum atomic E-state index is -0.874. The van der Waals surface area contributed by atoms with E-state index in [9.17, 15) is 4.79 Å². The van der Waals surface area contributed by atoms with Gasteiger partial charge in [-0.1, -0.05) is 0 Å². The van der Waals surface area contributed by atoms with E-state index >= 15 is 0 Å². The molecular weight excluding hydrogens is 260 g/mol. The van der Waals surface area contributed by atoms with E-state index in [1.54, 1.807) is 6.07 Å². The Balaban J connectivity index is 1.71. The number of carboxylic acid groups (broad SMARTS) is 1. The predicted octanol–water partition coefficient (Wildman–Crippen LogP) is 3.90. The highest BCUT2D eigenvalue weighted by Gasteiger charge is 2.21. The van der Waals surface area contributed by atoms with Crippen molar-refractivity contribution in [1.29, 1.82) is 0 Å². The molecule has 1 aromatic carbocycles. The molecule has 0 saturated heterocycles. The van der Waals surface area contributed by atoms with Crippen LogP contribution in [0.5, 0.6) is 5.75 Å². The van der Waals surface area contributed by atoms with Crippen molar-refractivity contribution in [2.45, 2.75) is 12.8 Å². The molecule has 98 valence electrons. The van der Waals surface area contributed by atoms with Crippen LogP contribution in [0.1, 0.15) is 22.5 Å². The first-order valence-electron chi connectivity index (χ1n) is 6.29. The topological polar surface area (TPSA) is 46.5 Å². The van der Waals surface area contributed by atoms with Crippen molar-refractivity contribution in [3.63, 3.8) is 0 Å². The van der Waals surface area contributed by atoms with E-state index in [0.717, 1.165) is 28.7 Å². The number of ether oxygens (including phenoxy) is 1. The summed E-state index contributed by atoms with van der Waals surface area (Å²) in [5, 5.41) is 8.91. The smallest absolute Gasteiger partial charge is 0.345 e. The molecule has 19 heavy (non-hydrogen) atoms. The Morgan fingerprint density at radius 1 is 1.21 bits per heavy atom. The van der Waals surface area contributed by atoms with Gasteiger partial charge in [-0.25, -0.2) is 4.79 Å². The van der Waals surface area contributed by atoms with E-state index in [0.29, 0.717) is 4.88 Å². The number of aromatic carboxylic acids is 1. The van der Waals surface area contributed by atoms with Crippen LogP contribution in [0.4, 0.5) is 0 Å². The maximum absolute atomic E-state index is 10.8. The van der Waals surface area contributed by atoms with Crippen molar-refractivity contribution < 1.29 is 14.6 Å². The van der Waals surface area contributed by atoms with Gasteiger partial charge in [-0.2, -0.15) is 0 Å². The standard InChI is InChI=1S/C15H14O3S/c16-15(17)14-8-7-13(19-14)11-3-5-12(6-4-11)18-9-10-1-2-10/h3-8,10H,1-2,9H2,(H,16,17). The van der Waals surface area contributed by atoms with E-state index in [1.807, 2.05) is 30.3 Å². The molecule has 0 bridgehead atoms. The van der Waals surface area contributed by atoms with Crippen LogP contribution in [0.15, 0.2) is 36.4 Å². The van der Waals surface area contributed by atoms with Crippen molar-refractivity contribution >= 4 is 17.3 Å². The maximum atomic E-state index is 10.8. The second-order valence-electron chi connectivity index (χ2n) is 4.75. The van der Waals surface area contributed by atoms with Crippen LogP contribution in [0.25, 0.3) is 10.4 Å². The van der Waals surface area contributed by atoms with Gasteiger partial charge in [-0.05, 0) is 60.7 Å². The van der Waals surface area contributed by atoms with Gasteiger partial charge in [0.05, 0.1) is 6.61 Å². The highest BCUT2D eigenvalue weighted by Crippen LogP contribution is 2.31. The van der Waals surface area contributed by atoms with Gasteiger partial charge in [0.2, 0.25) is 0 Å². The number of benzene rings is 1. The molecule has 1 heterocycles. The summed E-state index contributed by atoms with van der Waals surface area (Å²) in [6, 6.07) is 11.3. The normalized spacial score (nSPS) is 14.3. The van der Waals surface area contributed by atoms with Crippen LogP contribution in [0.2, 0.25) is 0 Å².